The minimum Gasteiger partial charge on any atom is -0.456 e. The van der Waals surface area contributed by atoms with Crippen LogP contribution in [0.15, 0.2) is 26.1 Å². The van der Waals surface area contributed by atoms with E-state index in [4.69, 9.17) is 14.9 Å². The molecule has 2 heterocycles. The Morgan fingerprint density at radius 2 is 2.08 bits per heavy atom. The number of nitrogens with one attached hydrogen (secondary N) is 1. The zero-order valence-corrected chi connectivity index (χ0v) is 15.2. The number of hydrogen-bond donors (Lipinski definition) is 2. The van der Waals surface area contributed by atoms with Crippen molar-refractivity contribution in [1.82, 2.24) is 9.55 Å². The molecule has 26 heavy (non-hydrogen) atoms. The predicted octanol–water partition coefficient (Wildman–Crippen LogP) is 0.977. The van der Waals surface area contributed by atoms with Crippen LogP contribution in [-0.4, -0.2) is 35.7 Å². The number of nitrogens with two attached hydrogens (primary N) is 1. The highest BCUT2D eigenvalue weighted by Gasteiger charge is 2.27. The highest BCUT2D eigenvalue weighted by molar-refractivity contribution is 6.05. The molecule has 9 heteroatoms. The van der Waals surface area contributed by atoms with Crippen LogP contribution in [0.2, 0.25) is 0 Å². The molecule has 0 saturated carbocycles. The number of aryl methyl sites for hydroxylation is 1. The van der Waals surface area contributed by atoms with Gasteiger partial charge in [0, 0.05) is 20.1 Å². The van der Waals surface area contributed by atoms with Gasteiger partial charge in [-0.25, -0.2) is 4.79 Å². The van der Waals surface area contributed by atoms with Crippen molar-refractivity contribution in [1.29, 1.82) is 0 Å². The first kappa shape index (κ1) is 19.5. The lowest BCUT2D eigenvalue weighted by Crippen LogP contribution is -2.42. The molecule has 0 aliphatic heterocycles. The summed E-state index contributed by atoms with van der Waals surface area (Å²) in [5.74, 6) is 0.149. The van der Waals surface area contributed by atoms with E-state index in [2.05, 4.69) is 4.98 Å². The Kier molecular flexibility index (Phi) is 6.40. The van der Waals surface area contributed by atoms with Gasteiger partial charge in [-0.2, -0.15) is 0 Å². The first-order valence-electron chi connectivity index (χ1n) is 8.46. The third kappa shape index (κ3) is 3.88. The van der Waals surface area contributed by atoms with Crippen molar-refractivity contribution in [2.24, 2.45) is 0 Å². The fraction of sp³-hybridized carbons (Fsp3) is 0.471. The van der Waals surface area contributed by atoms with Crippen LogP contribution in [0.25, 0.3) is 0 Å². The van der Waals surface area contributed by atoms with Crippen LogP contribution in [-0.2, 0) is 17.7 Å². The second-order valence-electron chi connectivity index (χ2n) is 5.71. The van der Waals surface area contributed by atoms with E-state index in [1.54, 1.807) is 12.1 Å². The van der Waals surface area contributed by atoms with Crippen LogP contribution in [0.5, 0.6) is 0 Å². The van der Waals surface area contributed by atoms with Gasteiger partial charge < -0.3 is 14.9 Å². The number of hydrogen-bond acceptors (Lipinski definition) is 6. The van der Waals surface area contributed by atoms with E-state index in [9.17, 15) is 14.4 Å². The lowest BCUT2D eigenvalue weighted by atomic mass is 10.3. The minimum atomic E-state index is -0.730. The number of furan rings is 1. The average molecular weight is 364 g/mol. The first-order chi connectivity index (χ1) is 12.4. The Hall–Kier alpha value is -2.81. The molecule has 0 aliphatic rings. The number of anilines is 2. The molecule has 0 radical (unpaired) electrons. The third-order valence-electron chi connectivity index (χ3n) is 3.92. The summed E-state index contributed by atoms with van der Waals surface area (Å²) in [6, 6.07) is 3.25. The van der Waals surface area contributed by atoms with Crippen LogP contribution < -0.4 is 21.9 Å². The van der Waals surface area contributed by atoms with Gasteiger partial charge in [0.2, 0.25) is 0 Å². The molecule has 142 valence electrons. The minimum absolute atomic E-state index is 0.0627. The second-order valence-corrected chi connectivity index (χ2v) is 5.71. The highest BCUT2D eigenvalue weighted by atomic mass is 16.5. The Morgan fingerprint density at radius 1 is 1.35 bits per heavy atom. The van der Waals surface area contributed by atoms with E-state index in [-0.39, 0.29) is 30.4 Å². The lowest BCUT2D eigenvalue weighted by molar-refractivity contribution is 0.0947. The molecule has 0 aromatic carbocycles. The molecule has 0 saturated heterocycles. The second kappa shape index (κ2) is 8.52. The highest BCUT2D eigenvalue weighted by Crippen LogP contribution is 2.20. The SMILES string of the molecule is CCCn1c(N)c(N(CCOC)C(=O)c2ccc(CC)o2)c(=O)[nH]c1=O. The van der Waals surface area contributed by atoms with Crippen LogP contribution in [0.4, 0.5) is 11.5 Å². The van der Waals surface area contributed by atoms with E-state index in [0.717, 1.165) is 0 Å². The van der Waals surface area contributed by atoms with Crippen molar-refractivity contribution >= 4 is 17.4 Å². The largest absolute Gasteiger partial charge is 0.456 e. The number of amides is 1. The number of H-pyrrole nitrogens is 1. The van der Waals surface area contributed by atoms with Gasteiger partial charge in [-0.1, -0.05) is 13.8 Å². The van der Waals surface area contributed by atoms with Crippen LogP contribution >= 0.6 is 0 Å². The van der Waals surface area contributed by atoms with Crippen molar-refractivity contribution < 1.29 is 13.9 Å². The maximum Gasteiger partial charge on any atom is 0.330 e. The molecule has 0 unspecified atom stereocenters. The van der Waals surface area contributed by atoms with Crippen molar-refractivity contribution in [3.8, 4) is 0 Å². The van der Waals surface area contributed by atoms with Crippen molar-refractivity contribution in [2.45, 2.75) is 33.2 Å². The van der Waals surface area contributed by atoms with E-state index < -0.39 is 17.2 Å². The molecule has 0 atom stereocenters. The van der Waals surface area contributed by atoms with Gasteiger partial charge in [0.15, 0.2) is 11.4 Å². The zero-order valence-electron chi connectivity index (χ0n) is 15.2. The van der Waals surface area contributed by atoms with Gasteiger partial charge in [0.25, 0.3) is 11.5 Å². The molecule has 2 rings (SSSR count). The molecule has 2 aromatic heterocycles. The number of aromatic amines is 1. The van der Waals surface area contributed by atoms with Gasteiger partial charge >= 0.3 is 5.69 Å². The number of carbonyl (C=O) groups is 1. The number of nitrogen functional groups attached to an aromatic ring is 1. The summed E-state index contributed by atoms with van der Waals surface area (Å²) >= 11 is 0. The standard InChI is InChI=1S/C17H24N4O5/c1-4-8-21-14(18)13(15(22)19-17(21)24)20(9-10-25-3)16(23)12-7-6-11(5-2)26-12/h6-7H,4-5,8-10,18H2,1-3H3,(H,19,22,24). The maximum absolute atomic E-state index is 12.9. The molecular formula is C17H24N4O5. The summed E-state index contributed by atoms with van der Waals surface area (Å²) in [4.78, 5) is 40.7. The van der Waals surface area contributed by atoms with E-state index in [1.165, 1.54) is 16.6 Å². The zero-order chi connectivity index (χ0) is 19.3. The quantitative estimate of drug-likeness (QED) is 0.719. The van der Waals surface area contributed by atoms with Crippen LogP contribution in [0.3, 0.4) is 0 Å². The number of nitrogens with zero attached hydrogens (tertiary/aromatic N) is 2. The topological polar surface area (TPSA) is 124 Å². The Labute approximate surface area is 150 Å². The monoisotopic (exact) mass is 364 g/mol. The average Bonchev–Trinajstić information content (AvgIpc) is 3.10. The van der Waals surface area contributed by atoms with Gasteiger partial charge in [-0.15, -0.1) is 0 Å². The fourth-order valence-electron chi connectivity index (χ4n) is 2.60. The van der Waals surface area contributed by atoms with Crippen LogP contribution in [0, 0.1) is 0 Å². The van der Waals surface area contributed by atoms with E-state index in [1.807, 2.05) is 13.8 Å². The van der Waals surface area contributed by atoms with Gasteiger partial charge in [0.1, 0.15) is 11.6 Å². The first-order valence-corrected chi connectivity index (χ1v) is 8.46. The molecule has 0 aliphatic carbocycles. The maximum atomic E-state index is 12.9. The summed E-state index contributed by atoms with van der Waals surface area (Å²) in [7, 11) is 1.48. The number of methoxy groups -OCH3 is 1. The summed E-state index contributed by atoms with van der Waals surface area (Å²) in [5, 5.41) is 0. The summed E-state index contributed by atoms with van der Waals surface area (Å²) in [6.07, 6.45) is 1.27. The Morgan fingerprint density at radius 3 is 2.65 bits per heavy atom. The third-order valence-corrected chi connectivity index (χ3v) is 3.92. The number of rotatable bonds is 8. The molecule has 2 aromatic rings. The van der Waals surface area contributed by atoms with Crippen molar-refractivity contribution in [2.75, 3.05) is 30.9 Å². The fourth-order valence-corrected chi connectivity index (χ4v) is 2.60. The predicted molar refractivity (Wildman–Crippen MR) is 97.7 cm³/mol. The summed E-state index contributed by atoms with van der Waals surface area (Å²) in [6.45, 7) is 4.36. The number of aromatic nitrogens is 2. The summed E-state index contributed by atoms with van der Waals surface area (Å²) in [5.41, 5.74) is 4.64. The van der Waals surface area contributed by atoms with E-state index >= 15 is 0 Å². The van der Waals surface area contributed by atoms with E-state index in [0.29, 0.717) is 25.1 Å². The number of carbonyl (C=O) groups excluding carboxylic acids is 1. The van der Waals surface area contributed by atoms with Crippen LogP contribution in [0.1, 0.15) is 36.6 Å². The van der Waals surface area contributed by atoms with Crippen molar-refractivity contribution in [3.63, 3.8) is 0 Å². The Bertz CT molecular complexity index is 880. The molecule has 1 amide bonds. The lowest BCUT2D eigenvalue weighted by Gasteiger charge is -2.23. The molecule has 0 fully saturated rings. The van der Waals surface area contributed by atoms with Gasteiger partial charge in [-0.3, -0.25) is 24.0 Å². The van der Waals surface area contributed by atoms with Gasteiger partial charge in [-0.05, 0) is 18.6 Å². The molecule has 0 spiro atoms. The molecule has 3 N–H and O–H groups in total. The summed E-state index contributed by atoms with van der Waals surface area (Å²) < 4.78 is 11.8. The molecule has 9 nitrogen and oxygen atoms in total. The molecular weight excluding hydrogens is 340 g/mol. The number of ether oxygens (including phenoxy) is 1. The molecule has 0 bridgehead atoms. The van der Waals surface area contributed by atoms with Crippen molar-refractivity contribution in [3.05, 3.63) is 44.5 Å². The smallest absolute Gasteiger partial charge is 0.330 e. The van der Waals surface area contributed by atoms with Gasteiger partial charge in [0.05, 0.1) is 13.2 Å². The normalized spacial score (nSPS) is 10.9. The Balaban J connectivity index is 2.56.